The Morgan fingerprint density at radius 3 is 2.11 bits per heavy atom. The number of hydrogen-bond acceptors (Lipinski definition) is 0. The van der Waals surface area contributed by atoms with Crippen LogP contribution in [0.5, 0.6) is 0 Å². The van der Waals surface area contributed by atoms with Crippen LogP contribution < -0.4 is 0 Å². The van der Waals surface area contributed by atoms with E-state index in [-0.39, 0.29) is 10.6 Å². The summed E-state index contributed by atoms with van der Waals surface area (Å²) >= 11 is 7.18. The second kappa shape index (κ2) is 5.76. The van der Waals surface area contributed by atoms with Gasteiger partial charge in [-0.05, 0) is 55.2 Å². The molecular weight excluding hydrogens is 371 g/mol. The van der Waals surface area contributed by atoms with E-state index in [1.807, 2.05) is 6.07 Å². The molecule has 0 fully saturated rings. The Morgan fingerprint density at radius 1 is 1.00 bits per heavy atom. The lowest BCUT2D eigenvalue weighted by atomic mass is 9.94. The fraction of sp³-hybridized carbons (Fsp3) is 0.250. The van der Waals surface area contributed by atoms with Gasteiger partial charge < -0.3 is 0 Å². The molecule has 0 aromatic heterocycles. The van der Waals surface area contributed by atoms with Crippen molar-refractivity contribution in [1.82, 2.24) is 0 Å². The number of aryl methyl sites for hydroxylation is 3. The van der Waals surface area contributed by atoms with Gasteiger partial charge in [-0.2, -0.15) is 0 Å². The first-order chi connectivity index (χ1) is 8.90. The zero-order chi connectivity index (χ0) is 14.2. The van der Waals surface area contributed by atoms with E-state index in [0.29, 0.717) is 0 Å². The zero-order valence-electron chi connectivity index (χ0n) is 11.1. The van der Waals surface area contributed by atoms with Crippen molar-refractivity contribution in [2.75, 3.05) is 0 Å². The van der Waals surface area contributed by atoms with Crippen molar-refractivity contribution < 1.29 is 4.39 Å². The third kappa shape index (κ3) is 3.09. The topological polar surface area (TPSA) is 0 Å². The minimum Gasteiger partial charge on any atom is -0.207 e. The van der Waals surface area contributed by atoms with E-state index in [0.717, 1.165) is 10.0 Å². The van der Waals surface area contributed by atoms with Crippen LogP contribution in [0.1, 0.15) is 32.6 Å². The van der Waals surface area contributed by atoms with Gasteiger partial charge in [-0.1, -0.05) is 55.6 Å². The van der Waals surface area contributed by atoms with Gasteiger partial charge in [-0.3, -0.25) is 0 Å². The summed E-state index contributed by atoms with van der Waals surface area (Å²) in [6.45, 7) is 6.32. The summed E-state index contributed by atoms with van der Waals surface area (Å²) in [5.41, 5.74) is 6.04. The Kier molecular flexibility index (Phi) is 4.46. The van der Waals surface area contributed by atoms with E-state index in [2.05, 4.69) is 64.8 Å². The summed E-state index contributed by atoms with van der Waals surface area (Å²) in [6, 6.07) is 9.16. The van der Waals surface area contributed by atoms with Crippen molar-refractivity contribution in [3.05, 3.63) is 68.4 Å². The molecule has 0 N–H and O–H groups in total. The predicted molar refractivity (Wildman–Crippen MR) is 85.5 cm³/mol. The summed E-state index contributed by atoms with van der Waals surface area (Å²) in [7, 11) is 0. The van der Waals surface area contributed by atoms with Crippen molar-refractivity contribution in [2.45, 2.75) is 25.6 Å². The molecule has 2 aromatic carbocycles. The lowest BCUT2D eigenvalue weighted by molar-refractivity contribution is 0.626. The molecule has 2 rings (SSSR count). The van der Waals surface area contributed by atoms with Gasteiger partial charge in [0.15, 0.2) is 0 Å². The number of benzene rings is 2. The molecule has 0 amide bonds. The van der Waals surface area contributed by atoms with E-state index in [1.165, 1.54) is 34.4 Å². The van der Waals surface area contributed by atoms with E-state index in [4.69, 9.17) is 0 Å². The quantitative estimate of drug-likeness (QED) is 0.556. The molecule has 0 saturated carbocycles. The molecule has 0 aliphatic rings. The van der Waals surface area contributed by atoms with Gasteiger partial charge in [-0.25, -0.2) is 4.39 Å². The van der Waals surface area contributed by atoms with Gasteiger partial charge >= 0.3 is 0 Å². The Morgan fingerprint density at radius 2 is 1.58 bits per heavy atom. The minimum atomic E-state index is -0.229. The number of rotatable bonds is 2. The SMILES string of the molecule is Cc1cc(C)c(C(Br)c2ccc(F)cc2Br)c(C)c1. The van der Waals surface area contributed by atoms with Gasteiger partial charge in [0, 0.05) is 4.47 Å². The number of alkyl halides is 1. The van der Waals surface area contributed by atoms with E-state index >= 15 is 0 Å². The van der Waals surface area contributed by atoms with Crippen molar-refractivity contribution in [3.63, 3.8) is 0 Å². The molecular formula is C16H15Br2F. The van der Waals surface area contributed by atoms with Crippen LogP contribution in [0.2, 0.25) is 0 Å². The van der Waals surface area contributed by atoms with Gasteiger partial charge in [0.2, 0.25) is 0 Å². The summed E-state index contributed by atoms with van der Waals surface area (Å²) in [6.07, 6.45) is 0. The zero-order valence-corrected chi connectivity index (χ0v) is 14.3. The molecule has 0 heterocycles. The average Bonchev–Trinajstić information content (AvgIpc) is 2.26. The minimum absolute atomic E-state index is 0.0584. The Bertz CT molecular complexity index is 597. The molecule has 0 radical (unpaired) electrons. The molecule has 0 aliphatic carbocycles. The Balaban J connectivity index is 2.53. The first-order valence-electron chi connectivity index (χ1n) is 6.07. The third-order valence-electron chi connectivity index (χ3n) is 3.23. The molecule has 1 unspecified atom stereocenters. The van der Waals surface area contributed by atoms with Crippen molar-refractivity contribution in [1.29, 1.82) is 0 Å². The molecule has 0 aliphatic heterocycles. The maximum absolute atomic E-state index is 13.2. The lowest BCUT2D eigenvalue weighted by Gasteiger charge is -2.18. The maximum Gasteiger partial charge on any atom is 0.124 e. The monoisotopic (exact) mass is 384 g/mol. The first-order valence-corrected chi connectivity index (χ1v) is 7.77. The van der Waals surface area contributed by atoms with Crippen LogP contribution in [0, 0.1) is 26.6 Å². The second-order valence-electron chi connectivity index (χ2n) is 4.84. The molecule has 0 nitrogen and oxygen atoms in total. The first kappa shape index (κ1) is 14.7. The van der Waals surface area contributed by atoms with Crippen LogP contribution in [-0.2, 0) is 0 Å². The van der Waals surface area contributed by atoms with Crippen LogP contribution in [-0.4, -0.2) is 0 Å². The number of halogens is 3. The van der Waals surface area contributed by atoms with Crippen LogP contribution in [0.15, 0.2) is 34.8 Å². The molecule has 100 valence electrons. The van der Waals surface area contributed by atoms with Crippen LogP contribution in [0.3, 0.4) is 0 Å². The summed E-state index contributed by atoms with van der Waals surface area (Å²) in [4.78, 5) is 0.0584. The lowest BCUT2D eigenvalue weighted by Crippen LogP contribution is -2.01. The van der Waals surface area contributed by atoms with Crippen LogP contribution >= 0.6 is 31.9 Å². The van der Waals surface area contributed by atoms with Crippen LogP contribution in [0.25, 0.3) is 0 Å². The van der Waals surface area contributed by atoms with Gasteiger partial charge in [0.25, 0.3) is 0 Å². The molecule has 3 heteroatoms. The highest BCUT2D eigenvalue weighted by molar-refractivity contribution is 9.11. The third-order valence-corrected chi connectivity index (χ3v) is 4.86. The molecule has 1 atom stereocenters. The van der Waals surface area contributed by atoms with Gasteiger partial charge in [-0.15, -0.1) is 0 Å². The predicted octanol–water partition coefficient (Wildman–Crippen LogP) is 6.00. The van der Waals surface area contributed by atoms with Gasteiger partial charge in [0.05, 0.1) is 4.83 Å². The van der Waals surface area contributed by atoms with Crippen LogP contribution in [0.4, 0.5) is 4.39 Å². The molecule has 19 heavy (non-hydrogen) atoms. The standard InChI is InChI=1S/C16H15Br2F/c1-9-6-10(2)15(11(3)7-9)16(18)13-5-4-12(19)8-14(13)17/h4-8,16H,1-3H3. The largest absolute Gasteiger partial charge is 0.207 e. The fourth-order valence-corrected chi connectivity index (χ4v) is 4.46. The highest BCUT2D eigenvalue weighted by Crippen LogP contribution is 2.38. The van der Waals surface area contributed by atoms with Gasteiger partial charge in [0.1, 0.15) is 5.82 Å². The summed E-state index contributed by atoms with van der Waals surface area (Å²) in [5.74, 6) is -0.229. The number of hydrogen-bond donors (Lipinski definition) is 0. The molecule has 0 bridgehead atoms. The average molecular weight is 386 g/mol. The molecule has 0 saturated heterocycles. The smallest absolute Gasteiger partial charge is 0.124 e. The van der Waals surface area contributed by atoms with E-state index in [1.54, 1.807) is 0 Å². The van der Waals surface area contributed by atoms with Crippen molar-refractivity contribution in [3.8, 4) is 0 Å². The second-order valence-corrected chi connectivity index (χ2v) is 6.61. The van der Waals surface area contributed by atoms with E-state index in [9.17, 15) is 4.39 Å². The molecule has 2 aromatic rings. The fourth-order valence-electron chi connectivity index (χ4n) is 2.45. The Hall–Kier alpha value is -0.670. The highest BCUT2D eigenvalue weighted by atomic mass is 79.9. The van der Waals surface area contributed by atoms with Crippen molar-refractivity contribution in [2.24, 2.45) is 0 Å². The van der Waals surface area contributed by atoms with Crippen molar-refractivity contribution >= 4 is 31.9 Å². The highest BCUT2D eigenvalue weighted by Gasteiger charge is 2.18. The molecule has 0 spiro atoms. The maximum atomic E-state index is 13.2. The normalized spacial score (nSPS) is 12.5. The Labute approximate surface area is 130 Å². The summed E-state index contributed by atoms with van der Waals surface area (Å²) < 4.78 is 14.0. The summed E-state index contributed by atoms with van der Waals surface area (Å²) in [5, 5.41) is 0. The van der Waals surface area contributed by atoms with E-state index < -0.39 is 0 Å².